The van der Waals surface area contributed by atoms with E-state index < -0.39 is 0 Å². The van der Waals surface area contributed by atoms with Crippen molar-refractivity contribution in [1.29, 1.82) is 0 Å². The summed E-state index contributed by atoms with van der Waals surface area (Å²) in [5, 5.41) is 3.38. The van der Waals surface area contributed by atoms with Gasteiger partial charge in [0.05, 0.1) is 35.5 Å². The Morgan fingerprint density at radius 2 is 1.97 bits per heavy atom. The molecule has 2 aliphatic heterocycles. The highest BCUT2D eigenvalue weighted by Gasteiger charge is 2.31. The van der Waals surface area contributed by atoms with E-state index in [4.69, 9.17) is 26.8 Å². The summed E-state index contributed by atoms with van der Waals surface area (Å²) in [4.78, 5) is 32.1. The fraction of sp³-hybridized carbons (Fsp3) is 0.667. The van der Waals surface area contributed by atoms with Crippen molar-refractivity contribution in [3.8, 4) is 5.75 Å². The number of likely N-dealkylation sites (N-methyl/N-ethyl adjacent to an activating group) is 1. The number of carbonyl (C=O) groups excluding carboxylic acids is 2. The van der Waals surface area contributed by atoms with E-state index >= 15 is 0 Å². The van der Waals surface area contributed by atoms with Crippen LogP contribution in [0.5, 0.6) is 5.75 Å². The molecule has 3 rings (SSSR count). The summed E-state index contributed by atoms with van der Waals surface area (Å²) in [6.07, 6.45) is 3.02. The Balaban J connectivity index is 1.48. The van der Waals surface area contributed by atoms with Crippen LogP contribution in [0.2, 0.25) is 5.02 Å². The number of nitrogens with one attached hydrogen (secondary N) is 1. The smallest absolute Gasteiger partial charge is 0.255 e. The molecular formula is C24H38ClN5O4. The first-order valence-electron chi connectivity index (χ1n) is 12.0. The minimum Gasteiger partial charge on any atom is -0.496 e. The molecule has 2 heterocycles. The normalized spacial score (nSPS) is 22.3. The van der Waals surface area contributed by atoms with E-state index in [9.17, 15) is 9.59 Å². The Labute approximate surface area is 207 Å². The highest BCUT2D eigenvalue weighted by atomic mass is 35.5. The molecule has 2 fully saturated rings. The molecule has 2 aliphatic rings. The van der Waals surface area contributed by atoms with Crippen LogP contribution in [-0.4, -0.2) is 106 Å². The van der Waals surface area contributed by atoms with Crippen LogP contribution in [0.1, 0.15) is 36.0 Å². The monoisotopic (exact) mass is 495 g/mol. The van der Waals surface area contributed by atoms with Gasteiger partial charge in [0.25, 0.3) is 5.91 Å². The second-order valence-electron chi connectivity index (χ2n) is 9.16. The van der Waals surface area contributed by atoms with Gasteiger partial charge in [-0.15, -0.1) is 0 Å². The third kappa shape index (κ3) is 6.97. The Hall–Kier alpha value is -2.07. The molecule has 0 spiro atoms. The van der Waals surface area contributed by atoms with Gasteiger partial charge in [-0.25, -0.2) is 0 Å². The van der Waals surface area contributed by atoms with Gasteiger partial charge in [-0.2, -0.15) is 0 Å². The van der Waals surface area contributed by atoms with Crippen LogP contribution in [-0.2, 0) is 9.53 Å². The predicted octanol–water partition coefficient (Wildman–Crippen LogP) is 1.69. The second kappa shape index (κ2) is 12.6. The topological polar surface area (TPSA) is 100 Å². The van der Waals surface area contributed by atoms with Gasteiger partial charge in [0, 0.05) is 52.3 Å². The Morgan fingerprint density at radius 3 is 2.71 bits per heavy atom. The van der Waals surface area contributed by atoms with E-state index in [0.717, 1.165) is 58.5 Å². The summed E-state index contributed by atoms with van der Waals surface area (Å²) in [6, 6.07) is 2.95. The molecule has 2 atom stereocenters. The Bertz CT molecular complexity index is 855. The van der Waals surface area contributed by atoms with Crippen molar-refractivity contribution >= 4 is 29.1 Å². The number of methoxy groups -OCH3 is 2. The minimum absolute atomic E-state index is 0.134. The van der Waals surface area contributed by atoms with Crippen molar-refractivity contribution in [3.63, 3.8) is 0 Å². The number of benzene rings is 1. The number of piperidine rings is 1. The van der Waals surface area contributed by atoms with Crippen LogP contribution >= 0.6 is 11.6 Å². The standard InChI is InChI=1S/C24H38ClN5O4/c1-28-8-5-10-30(13-12-28)23(31)6-4-9-29-11-7-20(22(16-29)34-3)27-24(32)17-14-18(25)19(26)15-21(17)33-2/h14-15,20,22H,4-13,16,26H2,1-3H3,(H,27,32)/t20-,22+/m0/s1. The van der Waals surface area contributed by atoms with Gasteiger partial charge >= 0.3 is 0 Å². The Kier molecular flexibility index (Phi) is 9.82. The minimum atomic E-state index is -0.270. The number of nitrogens with two attached hydrogens (primary N) is 1. The maximum Gasteiger partial charge on any atom is 0.255 e. The highest BCUT2D eigenvalue weighted by molar-refractivity contribution is 6.33. The largest absolute Gasteiger partial charge is 0.496 e. The van der Waals surface area contributed by atoms with Crippen LogP contribution in [0.25, 0.3) is 0 Å². The molecule has 2 amide bonds. The molecule has 0 unspecified atom stereocenters. The van der Waals surface area contributed by atoms with Crippen LogP contribution in [0.3, 0.4) is 0 Å². The number of anilines is 1. The number of halogens is 1. The number of nitrogens with zero attached hydrogens (tertiary/aromatic N) is 3. The maximum absolute atomic E-state index is 12.9. The average Bonchev–Trinajstić information content (AvgIpc) is 3.05. The molecule has 0 aliphatic carbocycles. The quantitative estimate of drug-likeness (QED) is 0.529. The molecule has 1 aromatic rings. The van der Waals surface area contributed by atoms with Crippen molar-refractivity contribution in [2.75, 3.05) is 72.8 Å². The summed E-state index contributed by atoms with van der Waals surface area (Å²) in [7, 11) is 5.26. The zero-order chi connectivity index (χ0) is 24.7. The summed E-state index contributed by atoms with van der Waals surface area (Å²) >= 11 is 6.12. The van der Waals surface area contributed by atoms with E-state index in [1.807, 2.05) is 4.90 Å². The van der Waals surface area contributed by atoms with E-state index in [0.29, 0.717) is 35.0 Å². The van der Waals surface area contributed by atoms with Crippen molar-refractivity contribution < 1.29 is 19.1 Å². The van der Waals surface area contributed by atoms with Crippen LogP contribution in [0.15, 0.2) is 12.1 Å². The lowest BCUT2D eigenvalue weighted by Crippen LogP contribution is -2.55. The van der Waals surface area contributed by atoms with Crippen LogP contribution in [0, 0.1) is 0 Å². The van der Waals surface area contributed by atoms with Gasteiger partial charge in [0.1, 0.15) is 5.75 Å². The van der Waals surface area contributed by atoms with Crippen LogP contribution < -0.4 is 15.8 Å². The third-order valence-corrected chi connectivity index (χ3v) is 7.09. The van der Waals surface area contributed by atoms with Crippen LogP contribution in [0.4, 0.5) is 5.69 Å². The van der Waals surface area contributed by atoms with Crippen molar-refractivity contribution in [2.24, 2.45) is 0 Å². The Morgan fingerprint density at radius 1 is 1.18 bits per heavy atom. The highest BCUT2D eigenvalue weighted by Crippen LogP contribution is 2.29. The predicted molar refractivity (Wildman–Crippen MR) is 133 cm³/mol. The van der Waals surface area contributed by atoms with Gasteiger partial charge in [-0.05, 0) is 45.5 Å². The summed E-state index contributed by atoms with van der Waals surface area (Å²) < 4.78 is 11.0. The number of likely N-dealkylation sites (tertiary alicyclic amines) is 1. The zero-order valence-electron chi connectivity index (χ0n) is 20.5. The number of hydrogen-bond donors (Lipinski definition) is 2. The fourth-order valence-electron chi connectivity index (χ4n) is 4.66. The van der Waals surface area contributed by atoms with Gasteiger partial charge in [0.15, 0.2) is 0 Å². The molecule has 0 bridgehead atoms. The molecule has 190 valence electrons. The van der Waals surface area contributed by atoms with E-state index in [-0.39, 0.29) is 24.0 Å². The fourth-order valence-corrected chi connectivity index (χ4v) is 4.82. The molecule has 34 heavy (non-hydrogen) atoms. The molecule has 0 aromatic heterocycles. The lowest BCUT2D eigenvalue weighted by Gasteiger charge is -2.38. The number of ether oxygens (including phenoxy) is 2. The molecular weight excluding hydrogens is 458 g/mol. The number of nitrogen functional groups attached to an aromatic ring is 1. The number of carbonyl (C=O) groups is 2. The average molecular weight is 496 g/mol. The first-order chi connectivity index (χ1) is 16.3. The van der Waals surface area contributed by atoms with Gasteiger partial charge in [-0.1, -0.05) is 11.6 Å². The first-order valence-corrected chi connectivity index (χ1v) is 12.4. The molecule has 3 N–H and O–H groups in total. The molecule has 1 aromatic carbocycles. The molecule has 10 heteroatoms. The molecule has 0 radical (unpaired) electrons. The number of rotatable bonds is 8. The van der Waals surface area contributed by atoms with E-state index in [1.165, 1.54) is 13.2 Å². The molecule has 2 saturated heterocycles. The SMILES string of the molecule is COc1cc(N)c(Cl)cc1C(=O)N[C@H]1CCN(CCCC(=O)N2CCCN(C)CC2)C[C@H]1OC. The summed E-state index contributed by atoms with van der Waals surface area (Å²) in [5.41, 5.74) is 6.53. The van der Waals surface area contributed by atoms with E-state index in [1.54, 1.807) is 13.2 Å². The second-order valence-corrected chi connectivity index (χ2v) is 9.57. The number of amides is 2. The zero-order valence-corrected chi connectivity index (χ0v) is 21.3. The van der Waals surface area contributed by atoms with Crippen molar-refractivity contribution in [3.05, 3.63) is 22.7 Å². The van der Waals surface area contributed by atoms with E-state index in [2.05, 4.69) is 22.2 Å². The van der Waals surface area contributed by atoms with Gasteiger partial charge < -0.3 is 35.2 Å². The first kappa shape index (κ1) is 26.5. The third-order valence-electron chi connectivity index (χ3n) is 6.76. The lowest BCUT2D eigenvalue weighted by atomic mass is 10.0. The number of hydrogen-bond acceptors (Lipinski definition) is 7. The molecule has 9 nitrogen and oxygen atoms in total. The lowest BCUT2D eigenvalue weighted by molar-refractivity contribution is -0.131. The van der Waals surface area contributed by atoms with Gasteiger partial charge in [-0.3, -0.25) is 9.59 Å². The van der Waals surface area contributed by atoms with Crippen molar-refractivity contribution in [1.82, 2.24) is 20.0 Å². The summed E-state index contributed by atoms with van der Waals surface area (Å²) in [5.74, 6) is 0.358. The van der Waals surface area contributed by atoms with Crippen molar-refractivity contribution in [2.45, 2.75) is 37.8 Å². The molecule has 0 saturated carbocycles. The maximum atomic E-state index is 12.9. The summed E-state index contributed by atoms with van der Waals surface area (Å²) in [6.45, 7) is 6.01. The van der Waals surface area contributed by atoms with Gasteiger partial charge in [0.2, 0.25) is 5.91 Å².